The summed E-state index contributed by atoms with van der Waals surface area (Å²) in [5.74, 6) is 0.875. The zero-order valence-corrected chi connectivity index (χ0v) is 22.1. The van der Waals surface area contributed by atoms with Crippen molar-refractivity contribution in [3.8, 4) is 0 Å². The Morgan fingerprint density at radius 1 is 1.24 bits per heavy atom. The summed E-state index contributed by atoms with van der Waals surface area (Å²) in [6.45, 7) is 12.2. The van der Waals surface area contributed by atoms with Gasteiger partial charge in [-0.05, 0) is 88.9 Å². The molecule has 0 saturated carbocycles. The van der Waals surface area contributed by atoms with Crippen LogP contribution in [0.1, 0.15) is 86.5 Å². The summed E-state index contributed by atoms with van der Waals surface area (Å²) in [6.07, 6.45) is 10.2. The molecule has 33 heavy (non-hydrogen) atoms. The molecule has 2 saturated heterocycles. The Balaban J connectivity index is 2.01. The molecule has 188 valence electrons. The van der Waals surface area contributed by atoms with E-state index in [4.69, 9.17) is 18.4 Å². The maximum absolute atomic E-state index is 11.8. The predicted molar refractivity (Wildman–Crippen MR) is 132 cm³/mol. The molecule has 2 unspecified atom stereocenters. The summed E-state index contributed by atoms with van der Waals surface area (Å²) in [5, 5.41) is 0. The summed E-state index contributed by atoms with van der Waals surface area (Å²) < 4.78 is 23.3. The standard InChI is InChI=1S/C26H42O6S/c1-19(2)11-14-26(15-17-33-32-26)20(3)8-7-13-25(6)24(31-22(5)28)10-9-23(18-30-25)12-16-29-21(4)27/h11-12,20,24H,7-10,13-18H2,1-6H3/t20?,24-,25+,26?/m1/s1. The zero-order valence-electron chi connectivity index (χ0n) is 21.2. The maximum Gasteiger partial charge on any atom is 0.303 e. The highest BCUT2D eigenvalue weighted by atomic mass is 32.2. The van der Waals surface area contributed by atoms with Crippen LogP contribution < -0.4 is 0 Å². The van der Waals surface area contributed by atoms with E-state index in [-0.39, 0.29) is 30.3 Å². The number of hydrogen-bond donors (Lipinski definition) is 0. The van der Waals surface area contributed by atoms with Crippen LogP contribution in [0.4, 0.5) is 0 Å². The number of ether oxygens (including phenoxy) is 3. The third-order valence-corrected chi connectivity index (χ3v) is 7.68. The third-order valence-electron chi connectivity index (χ3n) is 6.86. The van der Waals surface area contributed by atoms with Gasteiger partial charge in [0.15, 0.2) is 0 Å². The molecule has 0 spiro atoms. The first-order valence-electron chi connectivity index (χ1n) is 12.1. The fourth-order valence-corrected chi connectivity index (χ4v) is 5.64. The Morgan fingerprint density at radius 3 is 2.61 bits per heavy atom. The number of rotatable bonds is 10. The van der Waals surface area contributed by atoms with Gasteiger partial charge in [0.05, 0.1) is 12.2 Å². The lowest BCUT2D eigenvalue weighted by Gasteiger charge is -2.37. The minimum Gasteiger partial charge on any atom is -0.462 e. The number of hydrogen-bond acceptors (Lipinski definition) is 7. The summed E-state index contributed by atoms with van der Waals surface area (Å²) in [4.78, 5) is 22.8. The van der Waals surface area contributed by atoms with Gasteiger partial charge in [0.1, 0.15) is 18.3 Å². The van der Waals surface area contributed by atoms with Crippen molar-refractivity contribution in [1.29, 1.82) is 0 Å². The molecule has 2 fully saturated rings. The molecule has 2 rings (SSSR count). The van der Waals surface area contributed by atoms with E-state index in [1.165, 1.54) is 19.4 Å². The molecule has 0 aliphatic carbocycles. The second kappa shape index (κ2) is 13.0. The fourth-order valence-electron chi connectivity index (χ4n) is 4.58. The minimum atomic E-state index is -0.555. The summed E-state index contributed by atoms with van der Waals surface area (Å²) in [5.41, 5.74) is 1.74. The molecule has 0 aromatic rings. The number of carbonyl (C=O) groups is 2. The molecule has 2 aliphatic rings. The van der Waals surface area contributed by atoms with Crippen LogP contribution in [-0.4, -0.2) is 48.2 Å². The normalized spacial score (nSPS) is 29.9. The lowest BCUT2D eigenvalue weighted by molar-refractivity contribution is -0.168. The minimum absolute atomic E-state index is 0.102. The van der Waals surface area contributed by atoms with E-state index in [0.717, 1.165) is 49.9 Å². The van der Waals surface area contributed by atoms with Crippen LogP contribution in [0.2, 0.25) is 0 Å². The van der Waals surface area contributed by atoms with Gasteiger partial charge in [0, 0.05) is 19.6 Å². The first kappa shape index (κ1) is 27.9. The molecule has 7 heteroatoms. The smallest absolute Gasteiger partial charge is 0.303 e. The van der Waals surface area contributed by atoms with Crippen LogP contribution >= 0.6 is 12.0 Å². The molecule has 0 amide bonds. The first-order valence-corrected chi connectivity index (χ1v) is 13.0. The predicted octanol–water partition coefficient (Wildman–Crippen LogP) is 5.95. The third kappa shape index (κ3) is 8.76. The van der Waals surface area contributed by atoms with Gasteiger partial charge in [-0.25, -0.2) is 0 Å². The van der Waals surface area contributed by atoms with Crippen molar-refractivity contribution in [1.82, 2.24) is 0 Å². The molecule has 0 radical (unpaired) electrons. The Morgan fingerprint density at radius 2 is 2.00 bits per heavy atom. The van der Waals surface area contributed by atoms with E-state index in [1.807, 2.05) is 6.08 Å². The lowest BCUT2D eigenvalue weighted by Crippen LogP contribution is -2.44. The molecular formula is C26H42O6S. The highest BCUT2D eigenvalue weighted by Crippen LogP contribution is 2.44. The highest BCUT2D eigenvalue weighted by Gasteiger charge is 2.42. The first-order chi connectivity index (χ1) is 15.6. The molecule has 0 bridgehead atoms. The Labute approximate surface area is 204 Å². The Hall–Kier alpha value is -1.31. The van der Waals surface area contributed by atoms with Crippen molar-refractivity contribution in [2.45, 2.75) is 104 Å². The van der Waals surface area contributed by atoms with Crippen molar-refractivity contribution >= 4 is 24.0 Å². The van der Waals surface area contributed by atoms with Crippen LogP contribution in [0, 0.1) is 5.92 Å². The van der Waals surface area contributed by atoms with Crippen molar-refractivity contribution in [3.05, 3.63) is 23.3 Å². The van der Waals surface area contributed by atoms with Crippen molar-refractivity contribution in [2.24, 2.45) is 5.92 Å². The van der Waals surface area contributed by atoms with Crippen LogP contribution in [0.3, 0.4) is 0 Å². The molecular weight excluding hydrogens is 440 g/mol. The maximum atomic E-state index is 11.8. The van der Waals surface area contributed by atoms with Gasteiger partial charge >= 0.3 is 11.9 Å². The van der Waals surface area contributed by atoms with Gasteiger partial charge in [-0.2, -0.15) is 0 Å². The SMILES string of the molecule is CC(=O)OCC=C1CC[C@@H](OC(C)=O)[C@](C)(CCCC(C)C2(CC=C(C)C)CCSO2)OC1. The van der Waals surface area contributed by atoms with Gasteiger partial charge in [-0.1, -0.05) is 25.0 Å². The summed E-state index contributed by atoms with van der Waals surface area (Å²) in [6, 6.07) is 0. The van der Waals surface area contributed by atoms with Gasteiger partial charge in [0.25, 0.3) is 0 Å². The van der Waals surface area contributed by atoms with Crippen LogP contribution in [0.25, 0.3) is 0 Å². The molecule has 6 nitrogen and oxygen atoms in total. The Bertz CT molecular complexity index is 720. The van der Waals surface area contributed by atoms with Gasteiger partial charge < -0.3 is 18.4 Å². The second-order valence-electron chi connectivity index (χ2n) is 9.90. The van der Waals surface area contributed by atoms with E-state index >= 15 is 0 Å². The van der Waals surface area contributed by atoms with Gasteiger partial charge in [0.2, 0.25) is 0 Å². The number of carbonyl (C=O) groups excluding carboxylic acids is 2. The molecule has 0 aromatic carbocycles. The van der Waals surface area contributed by atoms with Crippen LogP contribution in [0.15, 0.2) is 23.3 Å². The summed E-state index contributed by atoms with van der Waals surface area (Å²) >= 11 is 1.59. The van der Waals surface area contributed by atoms with Crippen LogP contribution in [0.5, 0.6) is 0 Å². The Kier molecular flexibility index (Phi) is 11.0. The molecule has 2 heterocycles. The van der Waals surface area contributed by atoms with Gasteiger partial charge in [-0.3, -0.25) is 9.59 Å². The van der Waals surface area contributed by atoms with Crippen molar-refractivity contribution in [2.75, 3.05) is 19.0 Å². The second-order valence-corrected chi connectivity index (χ2v) is 10.7. The molecule has 0 N–H and O–H groups in total. The molecule has 2 aliphatic heterocycles. The van der Waals surface area contributed by atoms with E-state index < -0.39 is 5.60 Å². The van der Waals surface area contributed by atoms with E-state index in [9.17, 15) is 9.59 Å². The lowest BCUT2D eigenvalue weighted by atomic mass is 9.79. The van der Waals surface area contributed by atoms with E-state index in [1.54, 1.807) is 12.0 Å². The van der Waals surface area contributed by atoms with Gasteiger partial charge in [-0.15, -0.1) is 0 Å². The van der Waals surface area contributed by atoms with Crippen molar-refractivity contribution in [3.63, 3.8) is 0 Å². The molecule has 4 atom stereocenters. The number of allylic oxidation sites excluding steroid dienone is 1. The molecule has 0 aromatic heterocycles. The van der Waals surface area contributed by atoms with E-state index in [2.05, 4.69) is 33.8 Å². The van der Waals surface area contributed by atoms with E-state index in [0.29, 0.717) is 18.9 Å². The largest absolute Gasteiger partial charge is 0.462 e. The fraction of sp³-hybridized carbons (Fsp3) is 0.769. The van der Waals surface area contributed by atoms with Crippen LogP contribution in [-0.2, 0) is 28.0 Å². The van der Waals surface area contributed by atoms with Crippen molar-refractivity contribution < 1.29 is 28.0 Å². The topological polar surface area (TPSA) is 71.1 Å². The average Bonchev–Trinajstić information content (AvgIpc) is 3.17. The average molecular weight is 483 g/mol. The monoisotopic (exact) mass is 482 g/mol. The highest BCUT2D eigenvalue weighted by molar-refractivity contribution is 7.94. The summed E-state index contributed by atoms with van der Waals surface area (Å²) in [7, 11) is 0. The quantitative estimate of drug-likeness (QED) is 0.216. The number of esters is 2. The zero-order chi connectivity index (χ0) is 24.5.